The molecule has 0 aliphatic carbocycles. The summed E-state index contributed by atoms with van der Waals surface area (Å²) in [5.41, 5.74) is 7.87. The summed E-state index contributed by atoms with van der Waals surface area (Å²) >= 11 is 1.35. The molecule has 0 unspecified atom stereocenters. The highest BCUT2D eigenvalue weighted by Gasteiger charge is 2.36. The zero-order valence-electron chi connectivity index (χ0n) is 18.6. The second-order valence-electron chi connectivity index (χ2n) is 7.44. The number of aryl methyl sites for hydroxylation is 1. The molecule has 1 heterocycles. The van der Waals surface area contributed by atoms with Crippen molar-refractivity contribution in [2.24, 2.45) is 10.7 Å². The first-order chi connectivity index (χ1) is 15.3. The summed E-state index contributed by atoms with van der Waals surface area (Å²) in [5.74, 6) is 0.199. The lowest BCUT2D eigenvalue weighted by Gasteiger charge is -2.22. The first kappa shape index (κ1) is 23.4. The maximum atomic E-state index is 13.2. The summed E-state index contributed by atoms with van der Waals surface area (Å²) in [5, 5.41) is 0.660. The number of primary amides is 1. The van der Waals surface area contributed by atoms with E-state index < -0.39 is 5.91 Å². The molecule has 1 aliphatic heterocycles. The highest BCUT2D eigenvalue weighted by molar-refractivity contribution is 8.18. The number of carbonyl (C=O) groups excluding carboxylic acids is 2. The summed E-state index contributed by atoms with van der Waals surface area (Å²) in [6.45, 7) is 5.84. The number of nitrogens with two attached hydrogens (primary N) is 1. The molecular weight excluding hydrogens is 426 g/mol. The number of thioether (sulfide) groups is 1. The van der Waals surface area contributed by atoms with Crippen LogP contribution in [0.4, 0.5) is 5.69 Å². The first-order valence-corrected chi connectivity index (χ1v) is 11.1. The van der Waals surface area contributed by atoms with Crippen LogP contribution in [0, 0.1) is 6.92 Å². The van der Waals surface area contributed by atoms with E-state index >= 15 is 0 Å². The van der Waals surface area contributed by atoms with E-state index in [-0.39, 0.29) is 18.6 Å². The van der Waals surface area contributed by atoms with Crippen molar-refractivity contribution in [3.05, 3.63) is 58.5 Å². The third kappa shape index (κ3) is 5.50. The van der Waals surface area contributed by atoms with Gasteiger partial charge >= 0.3 is 0 Å². The molecule has 1 aliphatic rings. The fourth-order valence-electron chi connectivity index (χ4n) is 3.06. The van der Waals surface area contributed by atoms with Gasteiger partial charge in [-0.25, -0.2) is 4.99 Å². The van der Waals surface area contributed by atoms with Gasteiger partial charge in [0.25, 0.3) is 11.8 Å². The van der Waals surface area contributed by atoms with Crippen LogP contribution in [0.3, 0.4) is 0 Å². The Morgan fingerprint density at radius 1 is 1.22 bits per heavy atom. The molecule has 0 spiro atoms. The van der Waals surface area contributed by atoms with Crippen molar-refractivity contribution in [3.63, 3.8) is 0 Å². The molecule has 7 nitrogen and oxygen atoms in total. The minimum atomic E-state index is -0.572. The summed E-state index contributed by atoms with van der Waals surface area (Å²) in [6, 6.07) is 13.1. The third-order valence-electron chi connectivity index (χ3n) is 4.98. The summed E-state index contributed by atoms with van der Waals surface area (Å²) in [4.78, 5) is 31.3. The van der Waals surface area contributed by atoms with Crippen molar-refractivity contribution in [1.29, 1.82) is 0 Å². The Kier molecular flexibility index (Phi) is 7.58. The number of hydrogen-bond donors (Lipinski definition) is 1. The van der Waals surface area contributed by atoms with Crippen LogP contribution < -0.4 is 15.2 Å². The Balaban J connectivity index is 1.92. The van der Waals surface area contributed by atoms with E-state index in [0.717, 1.165) is 23.2 Å². The number of rotatable bonds is 8. The van der Waals surface area contributed by atoms with Crippen molar-refractivity contribution in [2.45, 2.75) is 33.2 Å². The van der Waals surface area contributed by atoms with E-state index in [4.69, 9.17) is 20.2 Å². The van der Waals surface area contributed by atoms with E-state index in [0.29, 0.717) is 21.6 Å². The molecule has 32 heavy (non-hydrogen) atoms. The van der Waals surface area contributed by atoms with E-state index in [9.17, 15) is 9.59 Å². The predicted molar refractivity (Wildman–Crippen MR) is 128 cm³/mol. The van der Waals surface area contributed by atoms with Gasteiger partial charge in [0.15, 0.2) is 23.3 Å². The average molecular weight is 454 g/mol. The largest absolute Gasteiger partial charge is 0.493 e. The number of benzene rings is 2. The predicted octanol–water partition coefficient (Wildman–Crippen LogP) is 4.27. The second-order valence-corrected chi connectivity index (χ2v) is 8.45. The minimum Gasteiger partial charge on any atom is -0.493 e. The van der Waals surface area contributed by atoms with Gasteiger partial charge < -0.3 is 15.2 Å². The quantitative estimate of drug-likeness (QED) is 0.603. The van der Waals surface area contributed by atoms with Crippen LogP contribution in [0.5, 0.6) is 11.5 Å². The van der Waals surface area contributed by atoms with Crippen molar-refractivity contribution >= 4 is 40.5 Å². The van der Waals surface area contributed by atoms with Crippen molar-refractivity contribution in [2.75, 3.05) is 13.7 Å². The number of hydrogen-bond acceptors (Lipinski definition) is 6. The number of amides is 2. The molecular formula is C24H27N3O4S. The summed E-state index contributed by atoms with van der Waals surface area (Å²) < 4.78 is 10.7. The van der Waals surface area contributed by atoms with Gasteiger partial charge in [0, 0.05) is 6.04 Å². The SMILES string of the molecule is CC[C@H](C)N1C(=O)/C(=C\c2ccc(OCC(N)=O)c(OC)c2)SC1=Nc1ccc(C)cc1. The van der Waals surface area contributed by atoms with Gasteiger partial charge in [-0.3, -0.25) is 14.5 Å². The molecule has 1 saturated heterocycles. The summed E-state index contributed by atoms with van der Waals surface area (Å²) in [7, 11) is 1.51. The molecule has 0 aromatic heterocycles. The molecule has 8 heteroatoms. The monoisotopic (exact) mass is 453 g/mol. The number of carbonyl (C=O) groups is 2. The van der Waals surface area contributed by atoms with Gasteiger partial charge in [0.2, 0.25) is 0 Å². The Labute approximate surface area is 192 Å². The molecule has 168 valence electrons. The Morgan fingerprint density at radius 3 is 2.56 bits per heavy atom. The zero-order chi connectivity index (χ0) is 23.3. The minimum absolute atomic E-state index is 0.0178. The number of aliphatic imine (C=N–C) groups is 1. The van der Waals surface area contributed by atoms with Crippen molar-refractivity contribution in [3.8, 4) is 11.5 Å². The molecule has 2 aromatic rings. The second kappa shape index (κ2) is 10.4. The summed E-state index contributed by atoms with van der Waals surface area (Å²) in [6.07, 6.45) is 2.62. The highest BCUT2D eigenvalue weighted by Crippen LogP contribution is 2.37. The van der Waals surface area contributed by atoms with Crippen LogP contribution in [-0.4, -0.2) is 41.6 Å². The number of ether oxygens (including phenoxy) is 2. The van der Waals surface area contributed by atoms with Crippen molar-refractivity contribution < 1.29 is 19.1 Å². The standard InChI is InChI=1S/C24H27N3O4S/c1-5-16(3)27-23(29)21(32-24(27)26-18-9-6-15(2)7-10-18)13-17-8-11-19(20(12-17)30-4)31-14-22(25)28/h6-13,16H,5,14H2,1-4H3,(H2,25,28)/b21-13+,26-24?/t16-/m0/s1. The molecule has 2 amide bonds. The lowest BCUT2D eigenvalue weighted by Crippen LogP contribution is -2.36. The lowest BCUT2D eigenvalue weighted by atomic mass is 10.1. The van der Waals surface area contributed by atoms with E-state index in [2.05, 4.69) is 0 Å². The third-order valence-corrected chi connectivity index (χ3v) is 5.97. The van der Waals surface area contributed by atoms with Gasteiger partial charge in [-0.15, -0.1) is 0 Å². The number of methoxy groups -OCH3 is 1. The van der Waals surface area contributed by atoms with Gasteiger partial charge in [-0.05, 0) is 67.9 Å². The zero-order valence-corrected chi connectivity index (χ0v) is 19.4. The average Bonchev–Trinajstić information content (AvgIpc) is 3.08. The maximum Gasteiger partial charge on any atom is 0.266 e. The molecule has 0 saturated carbocycles. The molecule has 1 fully saturated rings. The van der Waals surface area contributed by atoms with Gasteiger partial charge in [0.05, 0.1) is 17.7 Å². The molecule has 0 bridgehead atoms. The van der Waals surface area contributed by atoms with E-state index in [1.165, 1.54) is 18.9 Å². The van der Waals surface area contributed by atoms with E-state index in [1.54, 1.807) is 29.2 Å². The van der Waals surface area contributed by atoms with Crippen LogP contribution in [0.15, 0.2) is 52.4 Å². The smallest absolute Gasteiger partial charge is 0.266 e. The molecule has 2 N–H and O–H groups in total. The molecule has 1 atom stereocenters. The number of nitrogens with zero attached hydrogens (tertiary/aromatic N) is 2. The maximum absolute atomic E-state index is 13.2. The fraction of sp³-hybridized carbons (Fsp3) is 0.292. The fourth-order valence-corrected chi connectivity index (χ4v) is 4.15. The molecule has 3 rings (SSSR count). The Hall–Kier alpha value is -3.26. The van der Waals surface area contributed by atoms with Gasteiger partial charge in [0.1, 0.15) is 0 Å². The lowest BCUT2D eigenvalue weighted by molar-refractivity contribution is -0.123. The molecule has 0 radical (unpaired) electrons. The molecule has 2 aromatic carbocycles. The van der Waals surface area contributed by atoms with Crippen molar-refractivity contribution in [1.82, 2.24) is 4.90 Å². The normalized spacial score (nSPS) is 17.1. The Bertz CT molecular complexity index is 1060. The Morgan fingerprint density at radius 2 is 1.94 bits per heavy atom. The van der Waals surface area contributed by atoms with Gasteiger partial charge in [-0.1, -0.05) is 30.7 Å². The highest BCUT2D eigenvalue weighted by atomic mass is 32.2. The topological polar surface area (TPSA) is 94.2 Å². The van der Waals surface area contributed by atoms with E-state index in [1.807, 2.05) is 45.0 Å². The van der Waals surface area contributed by atoms with Crippen LogP contribution in [0.25, 0.3) is 6.08 Å². The van der Waals surface area contributed by atoms with Crippen LogP contribution in [0.2, 0.25) is 0 Å². The van der Waals surface area contributed by atoms with Gasteiger partial charge in [-0.2, -0.15) is 0 Å². The number of amidine groups is 1. The van der Waals surface area contributed by atoms with Crippen LogP contribution in [-0.2, 0) is 9.59 Å². The van der Waals surface area contributed by atoms with Crippen LogP contribution in [0.1, 0.15) is 31.4 Å². The van der Waals surface area contributed by atoms with Crippen LogP contribution >= 0.6 is 11.8 Å². The first-order valence-electron chi connectivity index (χ1n) is 10.3.